The van der Waals surface area contributed by atoms with Crippen molar-refractivity contribution < 1.29 is 0 Å². The van der Waals surface area contributed by atoms with Gasteiger partial charge in [-0.05, 0) is 42.2 Å². The summed E-state index contributed by atoms with van der Waals surface area (Å²) in [6.45, 7) is 5.40. The van der Waals surface area contributed by atoms with Gasteiger partial charge in [0.25, 0.3) is 0 Å². The van der Waals surface area contributed by atoms with E-state index >= 15 is 0 Å². The first-order chi connectivity index (χ1) is 13.2. The summed E-state index contributed by atoms with van der Waals surface area (Å²) >= 11 is 0. The first-order valence-corrected chi connectivity index (χ1v) is 10.2. The highest BCUT2D eigenvalue weighted by molar-refractivity contribution is 5.80. The van der Waals surface area contributed by atoms with Crippen molar-refractivity contribution in [1.29, 1.82) is 0 Å². The van der Waals surface area contributed by atoms with Crippen LogP contribution in [0.5, 0.6) is 0 Å². The zero-order chi connectivity index (χ0) is 19.1. The van der Waals surface area contributed by atoms with E-state index in [0.717, 1.165) is 38.4 Å². The molecular formula is C22H33N5. The van der Waals surface area contributed by atoms with Crippen molar-refractivity contribution in [2.75, 3.05) is 26.7 Å². The number of piperidine rings is 1. The van der Waals surface area contributed by atoms with Gasteiger partial charge in [0.15, 0.2) is 5.96 Å². The lowest BCUT2D eigenvalue weighted by molar-refractivity contribution is 0.215. The summed E-state index contributed by atoms with van der Waals surface area (Å²) in [4.78, 5) is 6.98. The highest BCUT2D eigenvalue weighted by Gasteiger charge is 2.30. The van der Waals surface area contributed by atoms with E-state index < -0.39 is 0 Å². The molecule has 1 saturated heterocycles. The third-order valence-corrected chi connectivity index (χ3v) is 5.68. The van der Waals surface area contributed by atoms with Crippen LogP contribution in [0.1, 0.15) is 43.2 Å². The molecule has 0 spiro atoms. The van der Waals surface area contributed by atoms with Crippen molar-refractivity contribution in [2.24, 2.45) is 18.0 Å². The molecule has 0 saturated carbocycles. The van der Waals surface area contributed by atoms with Gasteiger partial charge in [0, 0.05) is 39.9 Å². The van der Waals surface area contributed by atoms with Crippen LogP contribution in [-0.2, 0) is 13.5 Å². The van der Waals surface area contributed by atoms with Gasteiger partial charge < -0.3 is 10.2 Å². The van der Waals surface area contributed by atoms with E-state index in [1.165, 1.54) is 24.0 Å². The lowest BCUT2D eigenvalue weighted by Gasteiger charge is -2.40. The number of benzene rings is 1. The molecule has 1 aliphatic heterocycles. The van der Waals surface area contributed by atoms with Gasteiger partial charge in [-0.15, -0.1) is 0 Å². The molecule has 1 fully saturated rings. The molecule has 5 nitrogen and oxygen atoms in total. The monoisotopic (exact) mass is 367 g/mol. The summed E-state index contributed by atoms with van der Waals surface area (Å²) in [6.07, 6.45) is 8.57. The number of guanidine groups is 1. The Morgan fingerprint density at radius 1 is 1.30 bits per heavy atom. The maximum Gasteiger partial charge on any atom is 0.193 e. The summed E-state index contributed by atoms with van der Waals surface area (Å²) in [5, 5.41) is 7.80. The van der Waals surface area contributed by atoms with Crippen LogP contribution < -0.4 is 5.32 Å². The molecule has 2 aromatic rings. The maximum atomic E-state index is 4.54. The van der Waals surface area contributed by atoms with Crippen molar-refractivity contribution in [3.05, 3.63) is 53.9 Å². The lowest BCUT2D eigenvalue weighted by Crippen LogP contribution is -2.48. The van der Waals surface area contributed by atoms with Gasteiger partial charge >= 0.3 is 0 Å². The number of hydrogen-bond acceptors (Lipinski definition) is 2. The Morgan fingerprint density at radius 3 is 2.78 bits per heavy atom. The molecule has 0 radical (unpaired) electrons. The number of rotatable bonds is 6. The number of likely N-dealkylation sites (tertiary alicyclic amines) is 1. The molecule has 1 aliphatic rings. The molecular weight excluding hydrogens is 334 g/mol. The van der Waals surface area contributed by atoms with Gasteiger partial charge in [0.2, 0.25) is 0 Å². The van der Waals surface area contributed by atoms with Crippen LogP contribution in [0.2, 0.25) is 0 Å². The summed E-state index contributed by atoms with van der Waals surface area (Å²) < 4.78 is 1.86. The van der Waals surface area contributed by atoms with Crippen LogP contribution >= 0.6 is 0 Å². The fraction of sp³-hybridized carbons (Fsp3) is 0.545. The minimum atomic E-state index is 0.663. The van der Waals surface area contributed by atoms with E-state index in [-0.39, 0.29) is 0 Å². The largest absolute Gasteiger partial charge is 0.356 e. The summed E-state index contributed by atoms with van der Waals surface area (Å²) in [6, 6.07) is 11.0. The molecule has 27 heavy (non-hydrogen) atoms. The smallest absolute Gasteiger partial charge is 0.193 e. The van der Waals surface area contributed by atoms with Crippen molar-refractivity contribution in [3.8, 4) is 0 Å². The quantitative estimate of drug-likeness (QED) is 0.483. The zero-order valence-electron chi connectivity index (χ0n) is 16.9. The van der Waals surface area contributed by atoms with Crippen molar-refractivity contribution >= 4 is 5.96 Å². The topological polar surface area (TPSA) is 45.4 Å². The number of nitrogens with zero attached hydrogens (tertiary/aromatic N) is 4. The van der Waals surface area contributed by atoms with Crippen molar-refractivity contribution in [3.63, 3.8) is 0 Å². The number of nitrogens with one attached hydrogen (secondary N) is 1. The van der Waals surface area contributed by atoms with E-state index in [0.29, 0.717) is 11.8 Å². The van der Waals surface area contributed by atoms with Crippen LogP contribution in [0.4, 0.5) is 0 Å². The molecule has 1 N–H and O–H groups in total. The molecule has 0 aliphatic carbocycles. The van der Waals surface area contributed by atoms with Crippen LogP contribution in [0, 0.1) is 5.92 Å². The molecule has 2 atom stereocenters. The standard InChI is InChI=1S/C22H33N5/c1-4-19-17-27(14-12-21(19)20-10-6-5-7-11-20)22(23-2)24-13-8-9-18-15-25-26(3)16-18/h5-7,10-11,15-16,19,21H,4,8-9,12-14,17H2,1-3H3,(H,23,24). The number of aryl methyl sites for hydroxylation is 2. The first kappa shape index (κ1) is 19.5. The molecule has 1 aromatic carbocycles. The Hall–Kier alpha value is -2.30. The van der Waals surface area contributed by atoms with Crippen molar-refractivity contribution in [1.82, 2.24) is 20.0 Å². The second-order valence-electron chi connectivity index (χ2n) is 7.52. The number of hydrogen-bond donors (Lipinski definition) is 1. The van der Waals surface area contributed by atoms with E-state index in [2.05, 4.69) is 63.8 Å². The minimum absolute atomic E-state index is 0.663. The molecule has 146 valence electrons. The summed E-state index contributed by atoms with van der Waals surface area (Å²) in [7, 11) is 3.86. The second-order valence-corrected chi connectivity index (χ2v) is 7.52. The summed E-state index contributed by atoms with van der Waals surface area (Å²) in [5.41, 5.74) is 2.78. The molecule has 5 heteroatoms. The maximum absolute atomic E-state index is 4.54. The van der Waals surface area contributed by atoms with Gasteiger partial charge in [-0.3, -0.25) is 9.67 Å². The predicted octanol–water partition coefficient (Wildman–Crippen LogP) is 3.44. The predicted molar refractivity (Wildman–Crippen MR) is 112 cm³/mol. The fourth-order valence-electron chi connectivity index (χ4n) is 4.20. The van der Waals surface area contributed by atoms with Crippen LogP contribution in [-0.4, -0.2) is 47.3 Å². The normalized spacial score (nSPS) is 20.7. The van der Waals surface area contributed by atoms with Gasteiger partial charge in [-0.25, -0.2) is 0 Å². The van der Waals surface area contributed by atoms with E-state index in [4.69, 9.17) is 0 Å². The molecule has 1 aromatic heterocycles. The first-order valence-electron chi connectivity index (χ1n) is 10.2. The Labute approximate surface area is 163 Å². The Balaban J connectivity index is 1.50. The van der Waals surface area contributed by atoms with E-state index in [1.54, 1.807) is 0 Å². The van der Waals surface area contributed by atoms with Gasteiger partial charge in [0.05, 0.1) is 6.20 Å². The molecule has 0 bridgehead atoms. The number of aliphatic imine (C=N–C) groups is 1. The Kier molecular flexibility index (Phi) is 6.91. The fourth-order valence-corrected chi connectivity index (χ4v) is 4.20. The molecule has 2 heterocycles. The zero-order valence-corrected chi connectivity index (χ0v) is 16.9. The van der Waals surface area contributed by atoms with E-state index in [1.807, 2.05) is 25.0 Å². The number of aromatic nitrogens is 2. The lowest BCUT2D eigenvalue weighted by atomic mass is 9.79. The van der Waals surface area contributed by atoms with Crippen molar-refractivity contribution in [2.45, 2.75) is 38.5 Å². The average Bonchev–Trinajstić information content (AvgIpc) is 3.13. The third-order valence-electron chi connectivity index (χ3n) is 5.68. The highest BCUT2D eigenvalue weighted by atomic mass is 15.3. The minimum Gasteiger partial charge on any atom is -0.356 e. The Morgan fingerprint density at radius 2 is 2.11 bits per heavy atom. The van der Waals surface area contributed by atoms with Crippen LogP contribution in [0.3, 0.4) is 0 Å². The Bertz CT molecular complexity index is 721. The van der Waals surface area contributed by atoms with Gasteiger partial charge in [0.1, 0.15) is 0 Å². The third kappa shape index (κ3) is 5.12. The van der Waals surface area contributed by atoms with Crippen LogP contribution in [0.25, 0.3) is 0 Å². The highest BCUT2D eigenvalue weighted by Crippen LogP contribution is 2.34. The molecule has 0 amide bonds. The van der Waals surface area contributed by atoms with Crippen LogP contribution in [0.15, 0.2) is 47.7 Å². The second kappa shape index (κ2) is 9.58. The van der Waals surface area contributed by atoms with Gasteiger partial charge in [-0.2, -0.15) is 5.10 Å². The molecule has 2 unspecified atom stereocenters. The summed E-state index contributed by atoms with van der Waals surface area (Å²) in [5.74, 6) is 2.39. The molecule has 3 rings (SSSR count). The van der Waals surface area contributed by atoms with Gasteiger partial charge in [-0.1, -0.05) is 43.7 Å². The average molecular weight is 368 g/mol. The van der Waals surface area contributed by atoms with E-state index in [9.17, 15) is 0 Å². The SMILES string of the molecule is CCC1CN(C(=NC)NCCCc2cnn(C)c2)CCC1c1ccccc1.